The van der Waals surface area contributed by atoms with Gasteiger partial charge in [-0.3, -0.25) is 0 Å². The molecule has 0 aromatic heterocycles. The van der Waals surface area contributed by atoms with Crippen LogP contribution in [0.1, 0.15) is 34.1 Å². The fraction of sp³-hybridized carbons (Fsp3) is 1.00. The predicted octanol–water partition coefficient (Wildman–Crippen LogP) is 2.03. The number of rotatable bonds is 1. The Balaban J connectivity index is 2.59. The van der Waals surface area contributed by atoms with Gasteiger partial charge in [0, 0.05) is 5.54 Å². The second kappa shape index (κ2) is 2.54. The van der Waals surface area contributed by atoms with Crippen LogP contribution in [0.25, 0.3) is 0 Å². The summed E-state index contributed by atoms with van der Waals surface area (Å²) in [4.78, 5) is 0. The number of hydrogen-bond donors (Lipinski definition) is 1. The summed E-state index contributed by atoms with van der Waals surface area (Å²) in [5.41, 5.74) is 0.383. The Morgan fingerprint density at radius 1 is 1.40 bits per heavy atom. The summed E-state index contributed by atoms with van der Waals surface area (Å²) >= 11 is 0. The second-order valence-electron chi connectivity index (χ2n) is 4.29. The molecule has 10 heavy (non-hydrogen) atoms. The zero-order valence-corrected chi connectivity index (χ0v) is 7.57. The van der Waals surface area contributed by atoms with Crippen LogP contribution in [-0.4, -0.2) is 12.1 Å². The van der Waals surface area contributed by atoms with Gasteiger partial charge in [-0.05, 0) is 38.6 Å². The normalized spacial score (nSPS) is 31.5. The van der Waals surface area contributed by atoms with Crippen LogP contribution in [0.2, 0.25) is 0 Å². The van der Waals surface area contributed by atoms with Crippen LogP contribution < -0.4 is 5.32 Å². The largest absolute Gasteiger partial charge is 0.311 e. The van der Waals surface area contributed by atoms with Crippen LogP contribution in [0.15, 0.2) is 0 Å². The van der Waals surface area contributed by atoms with Crippen LogP contribution in [0.4, 0.5) is 0 Å². The van der Waals surface area contributed by atoms with E-state index in [0.29, 0.717) is 5.54 Å². The summed E-state index contributed by atoms with van der Waals surface area (Å²) in [5.74, 6) is 1.69. The zero-order chi connectivity index (χ0) is 7.78. The van der Waals surface area contributed by atoms with Crippen molar-refractivity contribution in [1.29, 1.82) is 0 Å². The van der Waals surface area contributed by atoms with Gasteiger partial charge in [-0.2, -0.15) is 0 Å². The molecule has 1 atom stereocenters. The SMILES string of the molecule is CC(C)C1CCNC1(C)C. The maximum atomic E-state index is 3.53. The van der Waals surface area contributed by atoms with Crippen molar-refractivity contribution < 1.29 is 0 Å². The van der Waals surface area contributed by atoms with Gasteiger partial charge in [-0.1, -0.05) is 13.8 Å². The highest BCUT2D eigenvalue weighted by atomic mass is 15.0. The molecule has 0 bridgehead atoms. The summed E-state index contributed by atoms with van der Waals surface area (Å²) in [7, 11) is 0. The molecule has 1 rings (SSSR count). The van der Waals surface area contributed by atoms with Gasteiger partial charge in [0.05, 0.1) is 0 Å². The Hall–Kier alpha value is -0.0400. The molecule has 1 saturated heterocycles. The summed E-state index contributed by atoms with van der Waals surface area (Å²) < 4.78 is 0. The van der Waals surface area contributed by atoms with Crippen molar-refractivity contribution in [2.24, 2.45) is 11.8 Å². The fourth-order valence-corrected chi connectivity index (χ4v) is 2.21. The van der Waals surface area contributed by atoms with E-state index in [9.17, 15) is 0 Å². The molecule has 0 radical (unpaired) electrons. The smallest absolute Gasteiger partial charge is 0.0156 e. The maximum absolute atomic E-state index is 3.53. The molecule has 0 amide bonds. The first kappa shape index (κ1) is 8.06. The zero-order valence-electron chi connectivity index (χ0n) is 7.57. The topological polar surface area (TPSA) is 12.0 Å². The molecule has 0 aromatic carbocycles. The molecule has 1 heterocycles. The molecule has 0 aromatic rings. The number of nitrogens with one attached hydrogen (secondary N) is 1. The van der Waals surface area contributed by atoms with Gasteiger partial charge in [0.1, 0.15) is 0 Å². The van der Waals surface area contributed by atoms with Gasteiger partial charge in [-0.25, -0.2) is 0 Å². The molecule has 1 heteroatoms. The second-order valence-corrected chi connectivity index (χ2v) is 4.29. The van der Waals surface area contributed by atoms with E-state index in [0.717, 1.165) is 11.8 Å². The highest BCUT2D eigenvalue weighted by Gasteiger charge is 2.35. The van der Waals surface area contributed by atoms with Gasteiger partial charge < -0.3 is 5.32 Å². The van der Waals surface area contributed by atoms with Crippen LogP contribution in [0.3, 0.4) is 0 Å². The first-order valence-electron chi connectivity index (χ1n) is 4.29. The average molecular weight is 141 g/mol. The van der Waals surface area contributed by atoms with Crippen LogP contribution in [0.5, 0.6) is 0 Å². The highest BCUT2D eigenvalue weighted by molar-refractivity contribution is 4.93. The van der Waals surface area contributed by atoms with Crippen LogP contribution >= 0.6 is 0 Å². The molecule has 60 valence electrons. The Bertz CT molecular complexity index is 116. The molecular formula is C9H19N. The molecule has 1 unspecified atom stereocenters. The van der Waals surface area contributed by atoms with Gasteiger partial charge in [0.15, 0.2) is 0 Å². The van der Waals surface area contributed by atoms with E-state index in [1.807, 2.05) is 0 Å². The van der Waals surface area contributed by atoms with Gasteiger partial charge >= 0.3 is 0 Å². The van der Waals surface area contributed by atoms with E-state index in [2.05, 4.69) is 33.0 Å². The first-order chi connectivity index (χ1) is 4.54. The minimum atomic E-state index is 0.383. The number of hydrogen-bond acceptors (Lipinski definition) is 1. The van der Waals surface area contributed by atoms with E-state index < -0.39 is 0 Å². The molecule has 1 nitrogen and oxygen atoms in total. The summed E-state index contributed by atoms with van der Waals surface area (Å²) in [6.45, 7) is 10.5. The minimum absolute atomic E-state index is 0.383. The molecular weight excluding hydrogens is 122 g/mol. The molecule has 1 aliphatic rings. The fourth-order valence-electron chi connectivity index (χ4n) is 2.21. The predicted molar refractivity (Wildman–Crippen MR) is 45.0 cm³/mol. The lowest BCUT2D eigenvalue weighted by molar-refractivity contribution is 0.261. The standard InChI is InChI=1S/C9H19N/c1-7(2)8-5-6-10-9(8,3)4/h7-8,10H,5-6H2,1-4H3. The van der Waals surface area contributed by atoms with E-state index in [-0.39, 0.29) is 0 Å². The van der Waals surface area contributed by atoms with Crippen molar-refractivity contribution in [3.8, 4) is 0 Å². The quantitative estimate of drug-likeness (QED) is 0.589. The van der Waals surface area contributed by atoms with Crippen molar-refractivity contribution in [2.75, 3.05) is 6.54 Å². The Morgan fingerprint density at radius 3 is 2.20 bits per heavy atom. The third kappa shape index (κ3) is 1.34. The van der Waals surface area contributed by atoms with Gasteiger partial charge in [0.2, 0.25) is 0 Å². The maximum Gasteiger partial charge on any atom is 0.0156 e. The average Bonchev–Trinajstić information content (AvgIpc) is 2.08. The molecule has 0 spiro atoms. The van der Waals surface area contributed by atoms with Crippen molar-refractivity contribution in [2.45, 2.75) is 39.7 Å². The summed E-state index contributed by atoms with van der Waals surface area (Å²) in [6.07, 6.45) is 1.35. The van der Waals surface area contributed by atoms with E-state index >= 15 is 0 Å². The van der Waals surface area contributed by atoms with Crippen LogP contribution in [-0.2, 0) is 0 Å². The van der Waals surface area contributed by atoms with E-state index in [1.54, 1.807) is 0 Å². The molecule has 0 aliphatic carbocycles. The van der Waals surface area contributed by atoms with Crippen LogP contribution in [0, 0.1) is 11.8 Å². The van der Waals surface area contributed by atoms with Gasteiger partial charge in [0.25, 0.3) is 0 Å². The monoisotopic (exact) mass is 141 g/mol. The Labute approximate surface area is 64.2 Å². The first-order valence-corrected chi connectivity index (χ1v) is 4.29. The van der Waals surface area contributed by atoms with E-state index in [1.165, 1.54) is 13.0 Å². The molecule has 1 aliphatic heterocycles. The molecule has 1 fully saturated rings. The minimum Gasteiger partial charge on any atom is -0.311 e. The Morgan fingerprint density at radius 2 is 2.00 bits per heavy atom. The molecule has 1 N–H and O–H groups in total. The van der Waals surface area contributed by atoms with Crippen molar-refractivity contribution in [3.63, 3.8) is 0 Å². The van der Waals surface area contributed by atoms with Gasteiger partial charge in [-0.15, -0.1) is 0 Å². The Kier molecular flexibility index (Phi) is 2.04. The third-order valence-corrected chi connectivity index (χ3v) is 2.77. The van der Waals surface area contributed by atoms with E-state index in [4.69, 9.17) is 0 Å². The lowest BCUT2D eigenvalue weighted by Crippen LogP contribution is -2.39. The van der Waals surface area contributed by atoms with Crippen molar-refractivity contribution in [1.82, 2.24) is 5.32 Å². The lowest BCUT2D eigenvalue weighted by Gasteiger charge is -2.30. The van der Waals surface area contributed by atoms with Crippen molar-refractivity contribution in [3.05, 3.63) is 0 Å². The lowest BCUT2D eigenvalue weighted by atomic mass is 9.81. The van der Waals surface area contributed by atoms with Crippen molar-refractivity contribution >= 4 is 0 Å². The third-order valence-electron chi connectivity index (χ3n) is 2.77. The summed E-state index contributed by atoms with van der Waals surface area (Å²) in [5, 5.41) is 3.53. The highest BCUT2D eigenvalue weighted by Crippen LogP contribution is 2.31. The summed E-state index contributed by atoms with van der Waals surface area (Å²) in [6, 6.07) is 0. The molecule has 0 saturated carbocycles.